The molecule has 0 saturated carbocycles. The van der Waals surface area contributed by atoms with Gasteiger partial charge in [-0.3, -0.25) is 9.80 Å². The van der Waals surface area contributed by atoms with Crippen LogP contribution < -0.4 is 0 Å². The lowest BCUT2D eigenvalue weighted by molar-refractivity contribution is 0.0869. The number of rotatable bonds is 0. The van der Waals surface area contributed by atoms with E-state index < -0.39 is 0 Å². The van der Waals surface area contributed by atoms with Gasteiger partial charge < -0.3 is 4.90 Å². The number of hydrogen-bond donors (Lipinski definition) is 0. The summed E-state index contributed by atoms with van der Waals surface area (Å²) in [7, 11) is 0. The fourth-order valence-electron chi connectivity index (χ4n) is 3.76. The molecule has 0 spiro atoms. The van der Waals surface area contributed by atoms with Crippen molar-refractivity contribution < 1.29 is 0 Å². The van der Waals surface area contributed by atoms with E-state index in [9.17, 15) is 0 Å². The fourth-order valence-corrected chi connectivity index (χ4v) is 3.76. The molecule has 0 N–H and O–H groups in total. The molecule has 4 aliphatic rings. The van der Waals surface area contributed by atoms with E-state index in [1.54, 1.807) is 0 Å². The van der Waals surface area contributed by atoms with Crippen molar-refractivity contribution in [2.45, 2.75) is 31.5 Å². The summed E-state index contributed by atoms with van der Waals surface area (Å²) in [6, 6.07) is 0.857. The third-order valence-electron chi connectivity index (χ3n) is 4.54. The standard InChI is InChI=1S/C13H19N3/c1-2-6-14-10-13-15(8-11(14)4-1)9-12-5-3-7-16(12)13/h2,4,6,12-13H,1,3,5,7-10H2. The molecule has 2 unspecified atom stereocenters. The maximum Gasteiger partial charge on any atom is 0.0814 e. The minimum atomic E-state index is 0.687. The molecule has 3 fully saturated rings. The second kappa shape index (κ2) is 3.34. The molecule has 3 saturated heterocycles. The minimum Gasteiger partial charge on any atom is -0.348 e. The summed E-state index contributed by atoms with van der Waals surface area (Å²) in [6.07, 6.45) is 11.6. The van der Waals surface area contributed by atoms with E-state index >= 15 is 0 Å². The molecule has 4 heterocycles. The van der Waals surface area contributed by atoms with Crippen LogP contribution in [0.5, 0.6) is 0 Å². The van der Waals surface area contributed by atoms with E-state index in [1.807, 2.05) is 0 Å². The summed E-state index contributed by atoms with van der Waals surface area (Å²) in [5.41, 5.74) is 1.53. The first-order valence-electron chi connectivity index (χ1n) is 6.54. The summed E-state index contributed by atoms with van der Waals surface area (Å²) in [5.74, 6) is 0. The van der Waals surface area contributed by atoms with Gasteiger partial charge in [0.2, 0.25) is 0 Å². The molecule has 86 valence electrons. The average molecular weight is 217 g/mol. The highest BCUT2D eigenvalue weighted by Crippen LogP contribution is 2.34. The highest BCUT2D eigenvalue weighted by atomic mass is 15.5. The summed E-state index contributed by atoms with van der Waals surface area (Å²) in [4.78, 5) is 7.88. The van der Waals surface area contributed by atoms with E-state index in [-0.39, 0.29) is 0 Å². The molecule has 16 heavy (non-hydrogen) atoms. The Balaban J connectivity index is 1.61. The smallest absolute Gasteiger partial charge is 0.0814 e. The summed E-state index contributed by atoms with van der Waals surface area (Å²) < 4.78 is 0. The summed E-state index contributed by atoms with van der Waals surface area (Å²) in [6.45, 7) is 4.98. The number of hydrogen-bond acceptors (Lipinski definition) is 3. The predicted molar refractivity (Wildman–Crippen MR) is 63.6 cm³/mol. The van der Waals surface area contributed by atoms with Gasteiger partial charge in [-0.2, -0.15) is 0 Å². The molecule has 0 aromatic rings. The van der Waals surface area contributed by atoms with Crippen molar-refractivity contribution in [1.29, 1.82) is 0 Å². The van der Waals surface area contributed by atoms with Gasteiger partial charge in [-0.15, -0.1) is 0 Å². The molecule has 0 aromatic carbocycles. The molecule has 0 radical (unpaired) electrons. The van der Waals surface area contributed by atoms with Crippen LogP contribution in [0.1, 0.15) is 19.3 Å². The predicted octanol–water partition coefficient (Wildman–Crippen LogP) is 1.21. The normalized spacial score (nSPS) is 38.2. The molecule has 4 aliphatic heterocycles. The second-order valence-corrected chi connectivity index (χ2v) is 5.41. The lowest BCUT2D eigenvalue weighted by atomic mass is 10.1. The van der Waals surface area contributed by atoms with Crippen LogP contribution in [0, 0.1) is 0 Å². The van der Waals surface area contributed by atoms with Crippen molar-refractivity contribution in [2.75, 3.05) is 26.2 Å². The minimum absolute atomic E-state index is 0.687. The number of fused-ring (bicyclic) bond motifs is 4. The van der Waals surface area contributed by atoms with Gasteiger partial charge in [0, 0.05) is 37.6 Å². The van der Waals surface area contributed by atoms with E-state index in [4.69, 9.17) is 0 Å². The van der Waals surface area contributed by atoms with Crippen LogP contribution in [0.4, 0.5) is 0 Å². The van der Waals surface area contributed by atoms with Gasteiger partial charge in [0.15, 0.2) is 0 Å². The Morgan fingerprint density at radius 2 is 2.25 bits per heavy atom. The van der Waals surface area contributed by atoms with Gasteiger partial charge in [0.25, 0.3) is 0 Å². The second-order valence-electron chi connectivity index (χ2n) is 5.41. The Hall–Kier alpha value is -0.800. The van der Waals surface area contributed by atoms with Crippen LogP contribution in [0.3, 0.4) is 0 Å². The number of nitrogens with zero attached hydrogens (tertiary/aromatic N) is 3. The monoisotopic (exact) mass is 217 g/mol. The zero-order valence-electron chi connectivity index (χ0n) is 9.68. The zero-order chi connectivity index (χ0) is 10.5. The number of piperazine rings is 1. The van der Waals surface area contributed by atoms with Crippen LogP contribution in [0.15, 0.2) is 24.0 Å². The average Bonchev–Trinajstić information content (AvgIpc) is 2.86. The maximum atomic E-state index is 2.74. The lowest BCUT2D eigenvalue weighted by Crippen LogP contribution is -2.52. The van der Waals surface area contributed by atoms with Crippen molar-refractivity contribution in [2.24, 2.45) is 0 Å². The van der Waals surface area contributed by atoms with Gasteiger partial charge >= 0.3 is 0 Å². The van der Waals surface area contributed by atoms with Crippen LogP contribution in [-0.2, 0) is 0 Å². The van der Waals surface area contributed by atoms with Crippen molar-refractivity contribution >= 4 is 0 Å². The van der Waals surface area contributed by atoms with Crippen LogP contribution in [0.25, 0.3) is 0 Å². The highest BCUT2D eigenvalue weighted by Gasteiger charge is 2.44. The Kier molecular flexibility index (Phi) is 1.93. The fraction of sp³-hybridized carbons (Fsp3) is 0.692. The van der Waals surface area contributed by atoms with Crippen molar-refractivity contribution in [3.05, 3.63) is 24.0 Å². The van der Waals surface area contributed by atoms with Crippen LogP contribution >= 0.6 is 0 Å². The molecule has 0 amide bonds. The van der Waals surface area contributed by atoms with Crippen LogP contribution in [0.2, 0.25) is 0 Å². The van der Waals surface area contributed by atoms with E-state index in [1.165, 1.54) is 44.7 Å². The van der Waals surface area contributed by atoms with Crippen molar-refractivity contribution in [3.63, 3.8) is 0 Å². The third kappa shape index (κ3) is 1.22. The molecular formula is C13H19N3. The number of allylic oxidation sites excluding steroid dienone is 2. The first-order chi connectivity index (χ1) is 7.92. The Labute approximate surface area is 97.0 Å². The molecule has 0 aromatic heterocycles. The largest absolute Gasteiger partial charge is 0.348 e. The van der Waals surface area contributed by atoms with Gasteiger partial charge in [-0.25, -0.2) is 0 Å². The summed E-state index contributed by atoms with van der Waals surface area (Å²) >= 11 is 0. The maximum absolute atomic E-state index is 2.74. The molecular weight excluding hydrogens is 198 g/mol. The zero-order valence-corrected chi connectivity index (χ0v) is 9.68. The SMILES string of the molecule is C1=CN2CC3N(CC2=CC1)CC1CCCN13. The molecule has 3 nitrogen and oxygen atoms in total. The van der Waals surface area contributed by atoms with Gasteiger partial charge in [-0.1, -0.05) is 12.2 Å². The van der Waals surface area contributed by atoms with Crippen molar-refractivity contribution in [3.8, 4) is 0 Å². The van der Waals surface area contributed by atoms with Crippen molar-refractivity contribution in [1.82, 2.24) is 14.7 Å². The molecule has 0 bridgehead atoms. The van der Waals surface area contributed by atoms with E-state index in [0.29, 0.717) is 6.17 Å². The van der Waals surface area contributed by atoms with Gasteiger partial charge in [0.1, 0.15) is 0 Å². The Morgan fingerprint density at radius 3 is 3.25 bits per heavy atom. The Bertz CT molecular complexity index is 360. The molecule has 3 heteroatoms. The van der Waals surface area contributed by atoms with Gasteiger partial charge in [-0.05, 0) is 19.3 Å². The van der Waals surface area contributed by atoms with Crippen LogP contribution in [-0.4, -0.2) is 53.1 Å². The topological polar surface area (TPSA) is 9.72 Å². The Morgan fingerprint density at radius 1 is 1.25 bits per heavy atom. The first kappa shape index (κ1) is 9.25. The third-order valence-corrected chi connectivity index (χ3v) is 4.54. The molecule has 4 rings (SSSR count). The highest BCUT2D eigenvalue weighted by molar-refractivity contribution is 5.19. The lowest BCUT2D eigenvalue weighted by Gasteiger charge is -2.42. The molecule has 2 atom stereocenters. The molecule has 0 aliphatic carbocycles. The first-order valence-corrected chi connectivity index (χ1v) is 6.54. The van der Waals surface area contributed by atoms with E-state index in [0.717, 1.165) is 12.5 Å². The van der Waals surface area contributed by atoms with Gasteiger partial charge in [0.05, 0.1) is 12.7 Å². The quantitative estimate of drug-likeness (QED) is 0.604. The summed E-state index contributed by atoms with van der Waals surface area (Å²) in [5, 5.41) is 0. The van der Waals surface area contributed by atoms with E-state index in [2.05, 4.69) is 33.1 Å².